The molecule has 46 heavy (non-hydrogen) atoms. The van der Waals surface area contributed by atoms with Gasteiger partial charge in [-0.2, -0.15) is 0 Å². The van der Waals surface area contributed by atoms with Gasteiger partial charge >= 0.3 is 5.97 Å². The van der Waals surface area contributed by atoms with Crippen LogP contribution in [-0.4, -0.2) is 60.3 Å². The molecule has 1 atom stereocenters. The van der Waals surface area contributed by atoms with E-state index in [2.05, 4.69) is 32.2 Å². The van der Waals surface area contributed by atoms with Crippen molar-refractivity contribution in [2.45, 2.75) is 58.1 Å². The van der Waals surface area contributed by atoms with E-state index in [1.165, 1.54) is 7.11 Å². The van der Waals surface area contributed by atoms with Crippen molar-refractivity contribution in [3.63, 3.8) is 0 Å². The standard InChI is InChI=1S/C37H41N3O6/c1-25(2)46-34-19-16-27(13-12-26-14-17-28(18-15-26)36(43)38-20-8-4-5-11-35(42)45-3)21-32(34)37(44)40-30(24-41)22-29-23-39-33-10-7-6-9-31(29)33/h6-7,9-10,14-19,21,23,25,30,39,41H,4-5,8,11,20,22,24H2,1-3H3,(H,38,43)(H,40,44)/t30-/m1/s1. The maximum Gasteiger partial charge on any atom is 0.305 e. The summed E-state index contributed by atoms with van der Waals surface area (Å²) in [6.45, 7) is 4.08. The Balaban J connectivity index is 1.39. The number of aliphatic hydroxyl groups is 1. The largest absolute Gasteiger partial charge is 0.490 e. The van der Waals surface area contributed by atoms with Crippen LogP contribution in [0.4, 0.5) is 0 Å². The van der Waals surface area contributed by atoms with Gasteiger partial charge in [0.25, 0.3) is 11.8 Å². The van der Waals surface area contributed by atoms with Crippen LogP contribution in [0.2, 0.25) is 0 Å². The van der Waals surface area contributed by atoms with Gasteiger partial charge in [0.05, 0.1) is 31.4 Å². The third kappa shape index (κ3) is 9.71. The molecule has 240 valence electrons. The van der Waals surface area contributed by atoms with Gasteiger partial charge in [0.1, 0.15) is 5.75 Å². The Morgan fingerprint density at radius 2 is 1.65 bits per heavy atom. The summed E-state index contributed by atoms with van der Waals surface area (Å²) in [5.41, 5.74) is 4.19. The third-order valence-electron chi connectivity index (χ3n) is 7.35. The molecule has 0 spiro atoms. The number of esters is 1. The second-order valence-electron chi connectivity index (χ2n) is 11.3. The fourth-order valence-corrected chi connectivity index (χ4v) is 4.96. The summed E-state index contributed by atoms with van der Waals surface area (Å²) in [4.78, 5) is 40.4. The molecule has 0 aliphatic rings. The van der Waals surface area contributed by atoms with Gasteiger partial charge in [-0.3, -0.25) is 14.4 Å². The van der Waals surface area contributed by atoms with E-state index in [-0.39, 0.29) is 30.5 Å². The van der Waals surface area contributed by atoms with Gasteiger partial charge in [-0.25, -0.2) is 0 Å². The number of unbranched alkanes of at least 4 members (excludes halogenated alkanes) is 2. The molecule has 2 amide bonds. The van der Waals surface area contributed by atoms with Gasteiger partial charge in [0.15, 0.2) is 0 Å². The van der Waals surface area contributed by atoms with Crippen molar-refractivity contribution in [3.8, 4) is 17.6 Å². The van der Waals surface area contributed by atoms with E-state index in [4.69, 9.17) is 4.74 Å². The molecule has 9 nitrogen and oxygen atoms in total. The first-order chi connectivity index (χ1) is 22.3. The van der Waals surface area contributed by atoms with Gasteiger partial charge in [0, 0.05) is 46.8 Å². The highest BCUT2D eigenvalue weighted by atomic mass is 16.5. The Bertz CT molecular complexity index is 1700. The summed E-state index contributed by atoms with van der Waals surface area (Å²) in [6, 6.07) is 19.6. The molecule has 0 saturated heterocycles. The van der Waals surface area contributed by atoms with Crippen molar-refractivity contribution < 1.29 is 29.0 Å². The van der Waals surface area contributed by atoms with Crippen LogP contribution < -0.4 is 15.4 Å². The van der Waals surface area contributed by atoms with Crippen molar-refractivity contribution in [3.05, 3.63) is 101 Å². The van der Waals surface area contributed by atoms with Crippen molar-refractivity contribution in [2.75, 3.05) is 20.3 Å². The second kappa shape index (κ2) is 16.8. The molecule has 1 aromatic heterocycles. The zero-order valence-electron chi connectivity index (χ0n) is 26.5. The molecule has 0 bridgehead atoms. The van der Waals surface area contributed by atoms with Crippen molar-refractivity contribution in [1.29, 1.82) is 0 Å². The van der Waals surface area contributed by atoms with Crippen LogP contribution in [-0.2, 0) is 16.0 Å². The molecule has 0 fully saturated rings. The molecule has 4 rings (SSSR count). The van der Waals surface area contributed by atoms with E-state index in [0.717, 1.165) is 35.7 Å². The van der Waals surface area contributed by atoms with Crippen molar-refractivity contribution in [2.24, 2.45) is 0 Å². The van der Waals surface area contributed by atoms with Gasteiger partial charge in [-0.1, -0.05) is 36.5 Å². The van der Waals surface area contributed by atoms with Crippen LogP contribution in [0.3, 0.4) is 0 Å². The van der Waals surface area contributed by atoms with Crippen molar-refractivity contribution >= 4 is 28.7 Å². The Labute approximate surface area is 269 Å². The van der Waals surface area contributed by atoms with Crippen LogP contribution in [0.1, 0.15) is 76.9 Å². The average molecular weight is 624 g/mol. The minimum atomic E-state index is -0.504. The molecule has 0 radical (unpaired) electrons. The first kappa shape index (κ1) is 33.8. The number of aromatic nitrogens is 1. The zero-order valence-corrected chi connectivity index (χ0v) is 26.5. The third-order valence-corrected chi connectivity index (χ3v) is 7.35. The van der Waals surface area contributed by atoms with E-state index >= 15 is 0 Å². The average Bonchev–Trinajstić information content (AvgIpc) is 3.47. The predicted molar refractivity (Wildman–Crippen MR) is 178 cm³/mol. The number of para-hydroxylation sites is 1. The number of rotatable bonds is 14. The molecule has 4 aromatic rings. The van der Waals surface area contributed by atoms with Crippen LogP contribution in [0.15, 0.2) is 72.9 Å². The number of nitrogens with one attached hydrogen (secondary N) is 3. The number of hydrogen-bond donors (Lipinski definition) is 4. The van der Waals surface area contributed by atoms with Gasteiger partial charge < -0.3 is 30.2 Å². The Kier molecular flexibility index (Phi) is 12.4. The fraction of sp³-hybridized carbons (Fsp3) is 0.324. The zero-order chi connectivity index (χ0) is 32.9. The number of carbonyl (C=O) groups excluding carboxylic acids is 3. The highest BCUT2D eigenvalue weighted by Gasteiger charge is 2.20. The molecular formula is C37H41N3O6. The van der Waals surface area contributed by atoms with Crippen molar-refractivity contribution in [1.82, 2.24) is 15.6 Å². The van der Waals surface area contributed by atoms with E-state index in [1.54, 1.807) is 42.5 Å². The monoisotopic (exact) mass is 623 g/mol. The van der Waals surface area contributed by atoms with Crippen LogP contribution in [0, 0.1) is 11.8 Å². The highest BCUT2D eigenvalue weighted by molar-refractivity contribution is 5.97. The Morgan fingerprint density at radius 3 is 2.39 bits per heavy atom. The maximum atomic E-state index is 13.5. The number of fused-ring (bicyclic) bond motifs is 1. The number of amides is 2. The Morgan fingerprint density at radius 1 is 0.913 bits per heavy atom. The minimum Gasteiger partial charge on any atom is -0.490 e. The van der Waals surface area contributed by atoms with E-state index in [1.807, 2.05) is 44.3 Å². The topological polar surface area (TPSA) is 130 Å². The molecular weight excluding hydrogens is 582 g/mol. The van der Waals surface area contributed by atoms with E-state index < -0.39 is 6.04 Å². The molecule has 0 aliphatic heterocycles. The van der Waals surface area contributed by atoms with Gasteiger partial charge in [-0.05, 0) is 87.2 Å². The fourth-order valence-electron chi connectivity index (χ4n) is 4.96. The number of hydrogen-bond acceptors (Lipinski definition) is 6. The Hall–Kier alpha value is -5.07. The lowest BCUT2D eigenvalue weighted by atomic mass is 10.0. The lowest BCUT2D eigenvalue weighted by molar-refractivity contribution is -0.140. The summed E-state index contributed by atoms with van der Waals surface area (Å²) in [6.07, 6.45) is 4.92. The lowest BCUT2D eigenvalue weighted by Crippen LogP contribution is -2.39. The predicted octanol–water partition coefficient (Wildman–Crippen LogP) is 5.15. The number of benzene rings is 3. The summed E-state index contributed by atoms with van der Waals surface area (Å²) >= 11 is 0. The van der Waals surface area contributed by atoms with Crippen LogP contribution >= 0.6 is 0 Å². The number of aliphatic hydroxyl groups excluding tert-OH is 1. The smallest absolute Gasteiger partial charge is 0.305 e. The summed E-state index contributed by atoms with van der Waals surface area (Å²) < 4.78 is 10.6. The molecule has 1 heterocycles. The highest BCUT2D eigenvalue weighted by Crippen LogP contribution is 2.23. The minimum absolute atomic E-state index is 0.148. The molecule has 0 aliphatic carbocycles. The second-order valence-corrected chi connectivity index (χ2v) is 11.3. The molecule has 3 aromatic carbocycles. The van der Waals surface area contributed by atoms with Crippen LogP contribution in [0.25, 0.3) is 10.9 Å². The number of methoxy groups -OCH3 is 1. The summed E-state index contributed by atoms with van der Waals surface area (Å²) in [7, 11) is 1.38. The van der Waals surface area contributed by atoms with Gasteiger partial charge in [0.2, 0.25) is 0 Å². The quantitative estimate of drug-likeness (QED) is 0.0874. The normalized spacial score (nSPS) is 11.4. The summed E-state index contributed by atoms with van der Waals surface area (Å²) in [5.74, 6) is 5.87. The molecule has 0 unspecified atom stereocenters. The van der Waals surface area contributed by atoms with E-state index in [0.29, 0.717) is 47.4 Å². The van der Waals surface area contributed by atoms with Gasteiger partial charge in [-0.15, -0.1) is 0 Å². The SMILES string of the molecule is COC(=O)CCCCCNC(=O)c1ccc(C#Cc2ccc(OC(C)C)c(C(=O)N[C@@H](CO)Cc3c[nH]c4ccccc34)c2)cc1. The molecule has 9 heteroatoms. The number of aromatic amines is 1. The van der Waals surface area contributed by atoms with Crippen LogP contribution in [0.5, 0.6) is 5.75 Å². The summed E-state index contributed by atoms with van der Waals surface area (Å²) in [5, 5.41) is 17.0. The van der Waals surface area contributed by atoms with E-state index in [9.17, 15) is 19.5 Å². The number of carbonyl (C=O) groups is 3. The number of H-pyrrole nitrogens is 1. The first-order valence-electron chi connectivity index (χ1n) is 15.5. The molecule has 4 N–H and O–H groups in total. The first-order valence-corrected chi connectivity index (χ1v) is 15.5. The lowest BCUT2D eigenvalue weighted by Gasteiger charge is -2.19. The number of ether oxygens (including phenoxy) is 2. The maximum absolute atomic E-state index is 13.5. The molecule has 0 saturated carbocycles.